The second-order valence-electron chi connectivity index (χ2n) is 9.88. The Morgan fingerprint density at radius 2 is 1.61 bits per heavy atom. The Bertz CT molecular complexity index is 916. The molecule has 180 valence electrons. The van der Waals surface area contributed by atoms with Gasteiger partial charge in [-0.25, -0.2) is 0 Å². The fraction of sp³-hybridized carbons (Fsp3) is 0.571. The molecule has 4 rings (SSSR count). The molecule has 2 fully saturated rings. The van der Waals surface area contributed by atoms with Gasteiger partial charge in [-0.3, -0.25) is 0 Å². The molecule has 2 aromatic rings. The number of nitrogens with zero attached hydrogens (tertiary/aromatic N) is 2. The van der Waals surface area contributed by atoms with E-state index in [1.807, 2.05) is 0 Å². The van der Waals surface area contributed by atoms with Crippen LogP contribution in [0.4, 0.5) is 0 Å². The molecule has 2 heterocycles. The number of rotatable bonds is 9. The van der Waals surface area contributed by atoms with Crippen LogP contribution in [-0.4, -0.2) is 74.0 Å². The minimum Gasteiger partial charge on any atom is -0.493 e. The molecule has 2 aliphatic rings. The highest BCUT2D eigenvalue weighted by Gasteiger charge is 2.20. The van der Waals surface area contributed by atoms with E-state index in [2.05, 4.69) is 67.1 Å². The molecule has 2 aliphatic heterocycles. The Morgan fingerprint density at radius 1 is 0.909 bits per heavy atom. The Morgan fingerprint density at radius 3 is 2.24 bits per heavy atom. The third kappa shape index (κ3) is 6.28. The highest BCUT2D eigenvalue weighted by molar-refractivity contribution is 5.74. The van der Waals surface area contributed by atoms with Crippen LogP contribution in [0.25, 0.3) is 11.1 Å². The van der Waals surface area contributed by atoms with Gasteiger partial charge in [-0.1, -0.05) is 24.3 Å². The van der Waals surface area contributed by atoms with Crippen molar-refractivity contribution in [2.75, 3.05) is 53.0 Å². The summed E-state index contributed by atoms with van der Waals surface area (Å²) in [6, 6.07) is 12.7. The zero-order valence-corrected chi connectivity index (χ0v) is 20.6. The predicted octanol–water partition coefficient (Wildman–Crippen LogP) is 4.53. The lowest BCUT2D eigenvalue weighted by atomic mass is 9.95. The van der Waals surface area contributed by atoms with Crippen molar-refractivity contribution in [2.45, 2.75) is 45.6 Å². The summed E-state index contributed by atoms with van der Waals surface area (Å²) in [7, 11) is 2.20. The second-order valence-corrected chi connectivity index (χ2v) is 9.88. The highest BCUT2D eigenvalue weighted by atomic mass is 16.5. The lowest BCUT2D eigenvalue weighted by molar-refractivity contribution is 0.150. The number of benzene rings is 2. The normalized spacial score (nSPS) is 21.9. The van der Waals surface area contributed by atoms with Gasteiger partial charge in [0.2, 0.25) is 0 Å². The summed E-state index contributed by atoms with van der Waals surface area (Å²) in [6.07, 6.45) is 4.21. The van der Waals surface area contributed by atoms with Gasteiger partial charge in [-0.15, -0.1) is 0 Å². The summed E-state index contributed by atoms with van der Waals surface area (Å²) < 4.78 is 12.5. The van der Waals surface area contributed by atoms with E-state index in [4.69, 9.17) is 9.47 Å². The number of aliphatic hydroxyl groups excluding tert-OH is 1. The van der Waals surface area contributed by atoms with Crippen LogP contribution in [0.2, 0.25) is 0 Å². The van der Waals surface area contributed by atoms with Gasteiger partial charge < -0.3 is 24.4 Å². The Labute approximate surface area is 199 Å². The van der Waals surface area contributed by atoms with Crippen molar-refractivity contribution < 1.29 is 14.6 Å². The van der Waals surface area contributed by atoms with Gasteiger partial charge in [-0.2, -0.15) is 0 Å². The molecule has 0 radical (unpaired) electrons. The van der Waals surface area contributed by atoms with Crippen molar-refractivity contribution in [2.24, 2.45) is 5.92 Å². The first kappa shape index (κ1) is 24.1. The maximum Gasteiger partial charge on any atom is 0.122 e. The molecule has 2 saturated heterocycles. The summed E-state index contributed by atoms with van der Waals surface area (Å²) in [5.41, 5.74) is 4.77. The number of ether oxygens (including phenoxy) is 2. The highest BCUT2D eigenvalue weighted by Crippen LogP contribution is 2.35. The van der Waals surface area contributed by atoms with Crippen molar-refractivity contribution in [3.05, 3.63) is 47.5 Å². The number of piperidine rings is 1. The van der Waals surface area contributed by atoms with E-state index in [1.54, 1.807) is 0 Å². The topological polar surface area (TPSA) is 45.2 Å². The third-order valence-corrected chi connectivity index (χ3v) is 7.18. The van der Waals surface area contributed by atoms with E-state index in [-0.39, 0.29) is 6.10 Å². The predicted molar refractivity (Wildman–Crippen MR) is 134 cm³/mol. The zero-order valence-electron chi connectivity index (χ0n) is 20.6. The number of hydrogen-bond donors (Lipinski definition) is 1. The number of β-amino-alcohol motifs (C(OH)–C–C–N with tert-alkyl or cyclic N) is 1. The largest absolute Gasteiger partial charge is 0.493 e. The molecule has 2 aromatic carbocycles. The van der Waals surface area contributed by atoms with E-state index in [1.165, 1.54) is 41.6 Å². The molecule has 33 heavy (non-hydrogen) atoms. The molecule has 0 spiro atoms. The number of aliphatic hydroxyl groups is 1. The van der Waals surface area contributed by atoms with Crippen molar-refractivity contribution in [3.63, 3.8) is 0 Å². The van der Waals surface area contributed by atoms with Crippen LogP contribution in [0.15, 0.2) is 36.4 Å². The molecule has 0 bridgehead atoms. The molecule has 1 unspecified atom stereocenters. The Balaban J connectivity index is 1.38. The lowest BCUT2D eigenvalue weighted by Crippen LogP contribution is -2.34. The number of hydrogen-bond acceptors (Lipinski definition) is 5. The Kier molecular flexibility index (Phi) is 8.29. The van der Waals surface area contributed by atoms with E-state index in [0.717, 1.165) is 57.1 Å². The fourth-order valence-electron chi connectivity index (χ4n) is 5.23. The van der Waals surface area contributed by atoms with E-state index >= 15 is 0 Å². The SMILES string of the molecule is Cc1c(OCCCN2CC[C@@H](O)C2)cccc1-c1cccc(OCC2CCCN(C)C2)c1C. The van der Waals surface area contributed by atoms with Gasteiger partial charge in [0, 0.05) is 32.1 Å². The molecular weight excluding hydrogens is 412 g/mol. The first-order chi connectivity index (χ1) is 16.0. The van der Waals surface area contributed by atoms with Gasteiger partial charge in [-0.05, 0) is 87.5 Å². The molecule has 5 nitrogen and oxygen atoms in total. The minimum absolute atomic E-state index is 0.156. The third-order valence-electron chi connectivity index (χ3n) is 7.18. The summed E-state index contributed by atoms with van der Waals surface area (Å²) in [4.78, 5) is 4.72. The lowest BCUT2D eigenvalue weighted by Gasteiger charge is -2.29. The number of likely N-dealkylation sites (tertiary alicyclic amines) is 2. The second kappa shape index (κ2) is 11.4. The smallest absolute Gasteiger partial charge is 0.122 e. The van der Waals surface area contributed by atoms with E-state index in [0.29, 0.717) is 12.5 Å². The van der Waals surface area contributed by atoms with Crippen molar-refractivity contribution in [1.29, 1.82) is 0 Å². The van der Waals surface area contributed by atoms with E-state index in [9.17, 15) is 5.11 Å². The first-order valence-corrected chi connectivity index (χ1v) is 12.6. The molecule has 0 aliphatic carbocycles. The first-order valence-electron chi connectivity index (χ1n) is 12.6. The van der Waals surface area contributed by atoms with Crippen LogP contribution in [0.3, 0.4) is 0 Å². The van der Waals surface area contributed by atoms with Crippen LogP contribution in [0.5, 0.6) is 11.5 Å². The van der Waals surface area contributed by atoms with E-state index < -0.39 is 0 Å². The monoisotopic (exact) mass is 452 g/mol. The van der Waals surface area contributed by atoms with Crippen LogP contribution < -0.4 is 9.47 Å². The van der Waals surface area contributed by atoms with Crippen LogP contribution in [0, 0.1) is 19.8 Å². The fourth-order valence-corrected chi connectivity index (χ4v) is 5.23. The molecule has 1 N–H and O–H groups in total. The Hall–Kier alpha value is -2.08. The van der Waals surface area contributed by atoms with Crippen LogP contribution >= 0.6 is 0 Å². The average Bonchev–Trinajstić information content (AvgIpc) is 3.22. The molecule has 5 heteroatoms. The summed E-state index contributed by atoms with van der Waals surface area (Å²) in [5.74, 6) is 2.54. The molecule has 0 amide bonds. The van der Waals surface area contributed by atoms with Gasteiger partial charge >= 0.3 is 0 Å². The van der Waals surface area contributed by atoms with Gasteiger partial charge in [0.25, 0.3) is 0 Å². The van der Waals surface area contributed by atoms with Gasteiger partial charge in [0.05, 0.1) is 19.3 Å². The standard InChI is InChI=1S/C28H40N2O3/c1-21-25(9-4-11-27(21)32-17-7-15-30-16-13-24(31)19-30)26-10-5-12-28(22(26)2)33-20-23-8-6-14-29(3)18-23/h4-5,9-12,23-24,31H,6-8,13-20H2,1-3H3/t23?,24-/m1/s1. The molecule has 2 atom stereocenters. The molecule has 0 aromatic heterocycles. The van der Waals surface area contributed by atoms with Crippen LogP contribution in [0.1, 0.15) is 36.8 Å². The average molecular weight is 453 g/mol. The summed E-state index contributed by atoms with van der Waals surface area (Å²) in [5, 5.41) is 9.68. The van der Waals surface area contributed by atoms with Gasteiger partial charge in [0.15, 0.2) is 0 Å². The molecular formula is C28H40N2O3. The van der Waals surface area contributed by atoms with Crippen molar-refractivity contribution >= 4 is 0 Å². The van der Waals surface area contributed by atoms with Crippen LogP contribution in [-0.2, 0) is 0 Å². The van der Waals surface area contributed by atoms with Gasteiger partial charge in [0.1, 0.15) is 11.5 Å². The zero-order chi connectivity index (χ0) is 23.2. The summed E-state index contributed by atoms with van der Waals surface area (Å²) in [6.45, 7) is 10.9. The van der Waals surface area contributed by atoms with Crippen molar-refractivity contribution in [1.82, 2.24) is 9.80 Å². The quantitative estimate of drug-likeness (QED) is 0.567. The minimum atomic E-state index is -0.156. The van der Waals surface area contributed by atoms with Crippen molar-refractivity contribution in [3.8, 4) is 22.6 Å². The molecule has 0 saturated carbocycles. The maximum absolute atomic E-state index is 9.68. The maximum atomic E-state index is 9.68. The summed E-state index contributed by atoms with van der Waals surface area (Å²) >= 11 is 0.